The van der Waals surface area contributed by atoms with Crippen LogP contribution < -0.4 is 10.1 Å². The molecule has 9 nitrogen and oxygen atoms in total. The fourth-order valence-corrected chi connectivity index (χ4v) is 1.56. The highest BCUT2D eigenvalue weighted by Crippen LogP contribution is 2.14. The van der Waals surface area contributed by atoms with Crippen molar-refractivity contribution in [2.45, 2.75) is 19.4 Å². The monoisotopic (exact) mass is 277 g/mol. The van der Waals surface area contributed by atoms with Crippen molar-refractivity contribution in [3.63, 3.8) is 0 Å². The zero-order valence-corrected chi connectivity index (χ0v) is 11.1. The summed E-state index contributed by atoms with van der Waals surface area (Å²) in [5, 5.41) is 7.12. The van der Waals surface area contributed by atoms with Crippen LogP contribution in [0.4, 0.5) is 5.95 Å². The van der Waals surface area contributed by atoms with E-state index in [1.54, 1.807) is 0 Å². The Balaban J connectivity index is 1.85. The molecule has 2 aromatic rings. The first-order valence-corrected chi connectivity index (χ1v) is 6.44. The molecule has 106 valence electrons. The van der Waals surface area contributed by atoms with E-state index in [9.17, 15) is 0 Å². The minimum atomic E-state index is 0.0000200. The van der Waals surface area contributed by atoms with Gasteiger partial charge in [0.1, 0.15) is 18.8 Å². The largest absolute Gasteiger partial charge is 0.455 e. The molecule has 1 aliphatic heterocycles. The molecule has 0 aromatic carbocycles. The molecule has 20 heavy (non-hydrogen) atoms. The van der Waals surface area contributed by atoms with Gasteiger partial charge in [-0.3, -0.25) is 0 Å². The average molecular weight is 277 g/mol. The summed E-state index contributed by atoms with van der Waals surface area (Å²) < 4.78 is 12.1. The number of anilines is 1. The van der Waals surface area contributed by atoms with E-state index in [4.69, 9.17) is 9.47 Å². The van der Waals surface area contributed by atoms with E-state index in [-0.39, 0.29) is 12.1 Å². The van der Waals surface area contributed by atoms with Crippen LogP contribution in [0, 0.1) is 0 Å². The molecule has 1 N–H and O–H groups in total. The number of rotatable bonds is 6. The third kappa shape index (κ3) is 2.82. The highest BCUT2D eigenvalue weighted by atomic mass is 16.6. The van der Waals surface area contributed by atoms with Gasteiger partial charge in [0, 0.05) is 6.54 Å². The zero-order chi connectivity index (χ0) is 13.8. The highest BCUT2D eigenvalue weighted by Gasteiger charge is 2.22. The lowest BCUT2D eigenvalue weighted by Gasteiger charge is -2.25. The van der Waals surface area contributed by atoms with E-state index in [1.807, 2.05) is 0 Å². The van der Waals surface area contributed by atoms with Gasteiger partial charge in [-0.05, 0) is 6.42 Å². The van der Waals surface area contributed by atoms with Crippen molar-refractivity contribution in [2.75, 3.05) is 25.1 Å². The molecule has 0 saturated carbocycles. The molecule has 0 spiro atoms. The Bertz CT molecular complexity index is 556. The van der Waals surface area contributed by atoms with Gasteiger partial charge >= 0.3 is 6.01 Å². The van der Waals surface area contributed by atoms with Crippen molar-refractivity contribution < 1.29 is 9.47 Å². The van der Waals surface area contributed by atoms with Gasteiger partial charge in [0.2, 0.25) is 5.95 Å². The van der Waals surface area contributed by atoms with Gasteiger partial charge in [0.25, 0.3) is 5.95 Å². The Morgan fingerprint density at radius 3 is 2.95 bits per heavy atom. The zero-order valence-electron chi connectivity index (χ0n) is 11.1. The van der Waals surface area contributed by atoms with Crippen LogP contribution in [0.15, 0.2) is 12.7 Å². The molecule has 1 saturated heterocycles. The van der Waals surface area contributed by atoms with E-state index in [0.717, 1.165) is 13.0 Å². The molecule has 0 amide bonds. The summed E-state index contributed by atoms with van der Waals surface area (Å²) in [5.74, 6) is 0.828. The topological polar surface area (TPSA) is 99.9 Å². The number of hydrogen-bond donors (Lipinski definition) is 1. The maximum Gasteiger partial charge on any atom is 0.323 e. The Morgan fingerprint density at radius 1 is 1.40 bits per heavy atom. The molecule has 9 heteroatoms. The van der Waals surface area contributed by atoms with Crippen LogP contribution in [0.5, 0.6) is 6.01 Å². The van der Waals surface area contributed by atoms with Gasteiger partial charge in [-0.1, -0.05) is 6.92 Å². The van der Waals surface area contributed by atoms with E-state index in [1.165, 1.54) is 17.3 Å². The Labute approximate surface area is 115 Å². The van der Waals surface area contributed by atoms with Gasteiger partial charge < -0.3 is 14.8 Å². The summed E-state index contributed by atoms with van der Waals surface area (Å²) in [6.45, 7) is 3.95. The number of nitrogens with one attached hydrogen (secondary N) is 1. The third-order valence-corrected chi connectivity index (χ3v) is 2.64. The normalized spacial score (nSPS) is 14.8. The quantitative estimate of drug-likeness (QED) is 0.790. The number of aromatic nitrogens is 6. The predicted octanol–water partition coefficient (Wildman–Crippen LogP) is 0.0518. The highest BCUT2D eigenvalue weighted by molar-refractivity contribution is 5.29. The van der Waals surface area contributed by atoms with Crippen LogP contribution in [0.3, 0.4) is 0 Å². The molecule has 1 fully saturated rings. The summed E-state index contributed by atoms with van der Waals surface area (Å²) in [4.78, 5) is 16.6. The molecule has 2 aromatic heterocycles. The van der Waals surface area contributed by atoms with Crippen LogP contribution in [-0.4, -0.2) is 55.6 Å². The van der Waals surface area contributed by atoms with Gasteiger partial charge in [0.15, 0.2) is 0 Å². The van der Waals surface area contributed by atoms with Crippen LogP contribution in [0.2, 0.25) is 0 Å². The van der Waals surface area contributed by atoms with Crippen LogP contribution in [-0.2, 0) is 4.74 Å². The average Bonchev–Trinajstić information content (AvgIpc) is 2.94. The standard InChI is InChI=1S/C11H15N7O2/c1-2-3-13-9-15-10(18-7-12-6-14-18)17-11(16-9)20-8-4-19-5-8/h6-8H,2-5H2,1H3,(H,13,15,16,17). The van der Waals surface area contributed by atoms with Crippen molar-refractivity contribution in [1.29, 1.82) is 0 Å². The first-order valence-electron chi connectivity index (χ1n) is 6.44. The van der Waals surface area contributed by atoms with Crippen molar-refractivity contribution in [3.8, 4) is 12.0 Å². The molecule has 0 atom stereocenters. The fourth-order valence-electron chi connectivity index (χ4n) is 1.56. The fraction of sp³-hybridized carbons (Fsp3) is 0.545. The van der Waals surface area contributed by atoms with Crippen LogP contribution >= 0.6 is 0 Å². The van der Waals surface area contributed by atoms with E-state index in [0.29, 0.717) is 25.1 Å². The number of hydrogen-bond acceptors (Lipinski definition) is 8. The van der Waals surface area contributed by atoms with Crippen molar-refractivity contribution in [2.24, 2.45) is 0 Å². The second-order valence-corrected chi connectivity index (χ2v) is 4.29. The lowest BCUT2D eigenvalue weighted by atomic mass is 10.3. The van der Waals surface area contributed by atoms with Gasteiger partial charge in [-0.2, -0.15) is 24.7 Å². The summed E-state index contributed by atoms with van der Waals surface area (Å²) in [6.07, 6.45) is 3.91. The molecule has 1 aliphatic rings. The predicted molar refractivity (Wildman–Crippen MR) is 68.8 cm³/mol. The minimum Gasteiger partial charge on any atom is -0.455 e. The molecular weight excluding hydrogens is 262 g/mol. The molecule has 0 radical (unpaired) electrons. The van der Waals surface area contributed by atoms with E-state index < -0.39 is 0 Å². The van der Waals surface area contributed by atoms with Crippen LogP contribution in [0.25, 0.3) is 5.95 Å². The minimum absolute atomic E-state index is 0.0000200. The summed E-state index contributed by atoms with van der Waals surface area (Å²) >= 11 is 0. The molecular formula is C11H15N7O2. The van der Waals surface area contributed by atoms with Gasteiger partial charge in [0.05, 0.1) is 13.2 Å². The van der Waals surface area contributed by atoms with Crippen molar-refractivity contribution >= 4 is 5.95 Å². The lowest BCUT2D eigenvalue weighted by molar-refractivity contribution is -0.0831. The van der Waals surface area contributed by atoms with Crippen molar-refractivity contribution in [1.82, 2.24) is 29.7 Å². The first-order chi connectivity index (χ1) is 9.85. The van der Waals surface area contributed by atoms with E-state index in [2.05, 4.69) is 37.3 Å². The molecule has 0 bridgehead atoms. The molecule has 3 heterocycles. The molecule has 3 rings (SSSR count). The Kier molecular flexibility index (Phi) is 3.68. The SMILES string of the molecule is CCCNc1nc(OC2COC2)nc(-n2cncn2)n1. The van der Waals surface area contributed by atoms with Gasteiger partial charge in [-0.15, -0.1) is 0 Å². The summed E-state index contributed by atoms with van der Waals surface area (Å²) in [5.41, 5.74) is 0. The Morgan fingerprint density at radius 2 is 2.30 bits per heavy atom. The summed E-state index contributed by atoms with van der Waals surface area (Å²) in [6, 6.07) is 0.261. The maximum absolute atomic E-state index is 5.62. The Hall–Kier alpha value is -2.29. The first kappa shape index (κ1) is 12.7. The van der Waals surface area contributed by atoms with Crippen molar-refractivity contribution in [3.05, 3.63) is 12.7 Å². The summed E-state index contributed by atoms with van der Waals surface area (Å²) in [7, 11) is 0. The lowest BCUT2D eigenvalue weighted by Crippen LogP contribution is -2.39. The van der Waals surface area contributed by atoms with Crippen LogP contribution in [0.1, 0.15) is 13.3 Å². The number of ether oxygens (including phenoxy) is 2. The third-order valence-electron chi connectivity index (χ3n) is 2.64. The van der Waals surface area contributed by atoms with Gasteiger partial charge in [-0.25, -0.2) is 4.98 Å². The molecule has 0 unspecified atom stereocenters. The smallest absolute Gasteiger partial charge is 0.323 e. The number of nitrogens with zero attached hydrogens (tertiary/aromatic N) is 6. The second kappa shape index (κ2) is 5.78. The van der Waals surface area contributed by atoms with E-state index >= 15 is 0 Å². The maximum atomic E-state index is 5.62. The molecule has 0 aliphatic carbocycles. The second-order valence-electron chi connectivity index (χ2n) is 4.29.